The van der Waals surface area contributed by atoms with Crippen LogP contribution in [-0.4, -0.2) is 63.5 Å². The molecule has 3 heterocycles. The summed E-state index contributed by atoms with van der Waals surface area (Å²) in [5, 5.41) is 19.2. The first kappa shape index (κ1) is 28.6. The zero-order valence-electron chi connectivity index (χ0n) is 22.8. The number of aliphatic hydroxyl groups is 1. The Morgan fingerprint density at radius 2 is 1.80 bits per heavy atom. The minimum atomic E-state index is -1.56. The Morgan fingerprint density at radius 3 is 2.37 bits per heavy atom. The highest BCUT2D eigenvalue weighted by atomic mass is 35.5. The molecule has 1 spiro atoms. The number of carboxylic acid groups (broad SMARTS) is 1. The summed E-state index contributed by atoms with van der Waals surface area (Å²) in [6.07, 6.45) is 0.581. The summed E-state index contributed by atoms with van der Waals surface area (Å²) in [4.78, 5) is 40.9. The highest BCUT2D eigenvalue weighted by Gasteiger charge is 2.55. The number of halogens is 3. The number of hydrogen-bond acceptors (Lipinski definition) is 7. The number of anilines is 2. The number of likely N-dealkylation sites (tertiary alicyclic amines) is 1. The van der Waals surface area contributed by atoms with Gasteiger partial charge in [-0.25, -0.2) is 18.4 Å². The third-order valence-electron chi connectivity index (χ3n) is 7.47. The molecule has 5 rings (SSSR count). The number of benzene rings is 2. The monoisotopic (exact) mass is 590 g/mol. The van der Waals surface area contributed by atoms with Gasteiger partial charge in [0.25, 0.3) is 0 Å². The van der Waals surface area contributed by atoms with Crippen LogP contribution in [0.4, 0.5) is 25.0 Å². The Morgan fingerprint density at radius 1 is 1.17 bits per heavy atom. The van der Waals surface area contributed by atoms with Crippen molar-refractivity contribution in [2.24, 2.45) is 5.41 Å². The molecule has 2 aliphatic rings. The number of nitrogen functional groups attached to an aromatic ring is 1. The van der Waals surface area contributed by atoms with E-state index in [9.17, 15) is 29.0 Å². The molecule has 2 aromatic carbocycles. The van der Waals surface area contributed by atoms with Crippen LogP contribution >= 0.6 is 11.6 Å². The van der Waals surface area contributed by atoms with Crippen LogP contribution in [0.2, 0.25) is 5.02 Å². The maximum absolute atomic E-state index is 15.9. The summed E-state index contributed by atoms with van der Waals surface area (Å²) in [6.45, 7) is 7.63. The standard InChI is InChI=1S/C28H29ClF2N4O6/c1-13-19-22(35(7-15(24(19)37)25(38)39)18-6-17(32)16(30)5-14(18)8-36)20(29)23(21(13)31)33-9-28(10-33)11-34(12-28)26(40)41-27(2,3)4/h5-7,36H,8-12,32H2,1-4H3,(H,38,39). The van der Waals surface area contributed by atoms with Gasteiger partial charge >= 0.3 is 12.1 Å². The number of hydrogen-bond donors (Lipinski definition) is 3. The van der Waals surface area contributed by atoms with E-state index in [0.717, 1.165) is 12.3 Å². The minimum absolute atomic E-state index is 0.00914. The molecule has 41 heavy (non-hydrogen) atoms. The van der Waals surface area contributed by atoms with Gasteiger partial charge in [0.1, 0.15) is 17.0 Å². The number of carbonyl (C=O) groups is 2. The molecule has 1 amide bonds. The number of nitrogens with two attached hydrogens (primary N) is 1. The molecule has 10 nitrogen and oxygen atoms in total. The highest BCUT2D eigenvalue weighted by Crippen LogP contribution is 2.47. The normalized spacial score (nSPS) is 16.1. The van der Waals surface area contributed by atoms with Crippen LogP contribution in [-0.2, 0) is 11.3 Å². The lowest BCUT2D eigenvalue weighted by Gasteiger charge is -2.60. The summed E-state index contributed by atoms with van der Waals surface area (Å²) >= 11 is 6.82. The van der Waals surface area contributed by atoms with Crippen LogP contribution in [0.25, 0.3) is 16.6 Å². The van der Waals surface area contributed by atoms with Crippen LogP contribution in [0.1, 0.15) is 42.3 Å². The number of nitrogens with zero attached hydrogens (tertiary/aromatic N) is 3. The lowest BCUT2D eigenvalue weighted by Crippen LogP contribution is -2.73. The lowest BCUT2D eigenvalue weighted by molar-refractivity contribution is -0.0454. The predicted molar refractivity (Wildman–Crippen MR) is 149 cm³/mol. The second-order valence-electron chi connectivity index (χ2n) is 11.7. The fraction of sp³-hybridized carbons (Fsp3) is 0.393. The predicted octanol–water partition coefficient (Wildman–Crippen LogP) is 4.06. The molecule has 13 heteroatoms. The van der Waals surface area contributed by atoms with Crippen molar-refractivity contribution in [1.29, 1.82) is 0 Å². The molecule has 2 saturated heterocycles. The Balaban J connectivity index is 1.61. The quantitative estimate of drug-likeness (QED) is 0.387. The van der Waals surface area contributed by atoms with Crippen molar-refractivity contribution < 1.29 is 33.3 Å². The summed E-state index contributed by atoms with van der Waals surface area (Å²) in [5.74, 6) is -3.15. The molecule has 218 valence electrons. The number of aromatic carboxylic acids is 1. The van der Waals surface area contributed by atoms with E-state index in [1.807, 2.05) is 0 Å². The Bertz CT molecular complexity index is 1690. The molecule has 0 atom stereocenters. The summed E-state index contributed by atoms with van der Waals surface area (Å²) in [5.41, 5.74) is 2.96. The molecule has 2 aliphatic heterocycles. The average Bonchev–Trinajstić information content (AvgIpc) is 2.82. The third-order valence-corrected chi connectivity index (χ3v) is 7.82. The summed E-state index contributed by atoms with van der Waals surface area (Å²) < 4.78 is 36.8. The average molecular weight is 591 g/mol. The number of rotatable bonds is 4. The van der Waals surface area contributed by atoms with Crippen LogP contribution < -0.4 is 16.1 Å². The van der Waals surface area contributed by atoms with E-state index >= 15 is 4.39 Å². The van der Waals surface area contributed by atoms with Crippen molar-refractivity contribution >= 4 is 45.9 Å². The fourth-order valence-corrected chi connectivity index (χ4v) is 5.99. The van der Waals surface area contributed by atoms with E-state index in [1.165, 1.54) is 17.6 Å². The van der Waals surface area contributed by atoms with Crippen molar-refractivity contribution in [1.82, 2.24) is 9.47 Å². The second kappa shape index (κ2) is 9.59. The molecule has 0 unspecified atom stereocenters. The lowest BCUT2D eigenvalue weighted by atomic mass is 9.72. The van der Waals surface area contributed by atoms with E-state index in [-0.39, 0.29) is 49.5 Å². The van der Waals surface area contributed by atoms with Crippen molar-refractivity contribution in [3.05, 3.63) is 61.9 Å². The number of carboxylic acids is 1. The zero-order valence-corrected chi connectivity index (χ0v) is 23.6. The Labute approximate surface area is 238 Å². The van der Waals surface area contributed by atoms with Crippen molar-refractivity contribution in [2.45, 2.75) is 39.9 Å². The summed E-state index contributed by atoms with van der Waals surface area (Å²) in [6, 6.07) is 2.18. The van der Waals surface area contributed by atoms with Gasteiger partial charge in [-0.05, 0) is 39.8 Å². The van der Waals surface area contributed by atoms with Gasteiger partial charge in [-0.2, -0.15) is 0 Å². The van der Waals surface area contributed by atoms with E-state index in [1.54, 1.807) is 30.6 Å². The first-order valence-electron chi connectivity index (χ1n) is 12.8. The fourth-order valence-electron chi connectivity index (χ4n) is 5.60. The molecule has 0 radical (unpaired) electrons. The van der Waals surface area contributed by atoms with Gasteiger partial charge in [0, 0.05) is 48.9 Å². The largest absolute Gasteiger partial charge is 0.477 e. The van der Waals surface area contributed by atoms with Crippen LogP contribution in [0, 0.1) is 24.0 Å². The van der Waals surface area contributed by atoms with Crippen molar-refractivity contribution in [3.63, 3.8) is 0 Å². The van der Waals surface area contributed by atoms with Crippen LogP contribution in [0.15, 0.2) is 23.1 Å². The zero-order chi connectivity index (χ0) is 30.2. The minimum Gasteiger partial charge on any atom is -0.477 e. The van der Waals surface area contributed by atoms with E-state index in [4.69, 9.17) is 22.1 Å². The van der Waals surface area contributed by atoms with E-state index < -0.39 is 46.9 Å². The topological polar surface area (TPSA) is 138 Å². The van der Waals surface area contributed by atoms with Gasteiger partial charge < -0.3 is 35.1 Å². The molecule has 4 N–H and O–H groups in total. The molecular weight excluding hydrogens is 562 g/mol. The third kappa shape index (κ3) is 4.64. The Kier molecular flexibility index (Phi) is 6.69. The van der Waals surface area contributed by atoms with Gasteiger partial charge in [-0.1, -0.05) is 11.6 Å². The Hall–Kier alpha value is -3.90. The number of amides is 1. The number of aromatic nitrogens is 1. The maximum atomic E-state index is 15.9. The molecule has 0 saturated carbocycles. The number of aliphatic hydroxyl groups excluding tert-OH is 1. The number of ether oxygens (including phenoxy) is 1. The number of pyridine rings is 1. The van der Waals surface area contributed by atoms with Crippen molar-refractivity contribution in [2.75, 3.05) is 36.8 Å². The van der Waals surface area contributed by atoms with Crippen LogP contribution in [0.3, 0.4) is 0 Å². The first-order chi connectivity index (χ1) is 19.1. The van der Waals surface area contributed by atoms with Gasteiger partial charge in [0.15, 0.2) is 5.82 Å². The van der Waals surface area contributed by atoms with Crippen molar-refractivity contribution in [3.8, 4) is 5.69 Å². The van der Waals surface area contributed by atoms with Gasteiger partial charge in [-0.15, -0.1) is 0 Å². The molecule has 1 aromatic heterocycles. The number of carbonyl (C=O) groups excluding carboxylic acids is 1. The van der Waals surface area contributed by atoms with E-state index in [0.29, 0.717) is 26.2 Å². The molecule has 2 fully saturated rings. The van der Waals surface area contributed by atoms with Crippen LogP contribution in [0.5, 0.6) is 0 Å². The summed E-state index contributed by atoms with van der Waals surface area (Å²) in [7, 11) is 0. The van der Waals surface area contributed by atoms with E-state index in [2.05, 4.69) is 0 Å². The SMILES string of the molecule is Cc1c(F)c(N2CC3(CN(C(=O)OC(C)(C)C)C3)C2)c(Cl)c2c1c(=O)c(C(=O)O)cn2-c1cc(N)c(F)cc1CO. The number of fused-ring (bicyclic) bond motifs is 1. The molecule has 3 aromatic rings. The smallest absolute Gasteiger partial charge is 0.410 e. The molecule has 0 aliphatic carbocycles. The van der Waals surface area contributed by atoms with Gasteiger partial charge in [0.2, 0.25) is 5.43 Å². The number of aryl methyl sites for hydroxylation is 1. The second-order valence-corrected chi connectivity index (χ2v) is 12.1. The molecule has 0 bridgehead atoms. The first-order valence-corrected chi connectivity index (χ1v) is 13.2. The molecular formula is C28H29ClF2N4O6. The highest BCUT2D eigenvalue weighted by molar-refractivity contribution is 6.38. The van der Waals surface area contributed by atoms with Gasteiger partial charge in [-0.3, -0.25) is 4.79 Å². The maximum Gasteiger partial charge on any atom is 0.410 e. The van der Waals surface area contributed by atoms with Gasteiger partial charge in [0.05, 0.1) is 39.6 Å².